The van der Waals surface area contributed by atoms with Gasteiger partial charge in [0.25, 0.3) is 0 Å². The molecule has 5 heterocycles. The fraction of sp³-hybridized carbons (Fsp3) is 0.839. The maximum absolute atomic E-state index is 7.05. The average molecular weight is 636 g/mol. The number of thioether (sulfide) groups is 1. The highest BCUT2D eigenvalue weighted by Gasteiger charge is 2.56. The van der Waals surface area contributed by atoms with Crippen molar-refractivity contribution in [3.8, 4) is 0 Å². The Bertz CT molecular complexity index is 1210. The second-order valence-electron chi connectivity index (χ2n) is 14.2. The van der Waals surface area contributed by atoms with Gasteiger partial charge in [0, 0.05) is 18.3 Å². The number of nitrogens with zero attached hydrogens (tertiary/aromatic N) is 4. The number of hydrogen-bond acceptors (Lipinski definition) is 10. The number of aromatic nitrogens is 4. The zero-order valence-corrected chi connectivity index (χ0v) is 29.4. The summed E-state index contributed by atoms with van der Waals surface area (Å²) in [5.41, 5.74) is 8.33. The minimum Gasteiger partial charge on any atom is -0.413 e. The van der Waals surface area contributed by atoms with E-state index in [0.717, 1.165) is 42.7 Å². The third-order valence-corrected chi connectivity index (χ3v) is 16.9. The maximum atomic E-state index is 7.05. The SMILES string of the molecule is CC(C)[Si](OC[C@H]1O[C@@H](n2nc(SC[C@H](C)O[C@@H]3CCCCO3)c3c(N)ncnc32)[C@@H]2OC(C)(C)C[C@@H]21)(C(C)C)C(C)C. The highest BCUT2D eigenvalue weighted by Crippen LogP contribution is 2.50. The molecule has 0 radical (unpaired) electrons. The van der Waals surface area contributed by atoms with Crippen molar-refractivity contribution in [2.45, 2.75) is 146 Å². The summed E-state index contributed by atoms with van der Waals surface area (Å²) >= 11 is 1.60. The van der Waals surface area contributed by atoms with Crippen LogP contribution >= 0.6 is 11.8 Å². The van der Waals surface area contributed by atoms with Crippen molar-refractivity contribution in [2.24, 2.45) is 5.92 Å². The van der Waals surface area contributed by atoms with E-state index in [0.29, 0.717) is 40.4 Å². The summed E-state index contributed by atoms with van der Waals surface area (Å²) in [6.07, 6.45) is 4.71. The Morgan fingerprint density at radius 3 is 2.47 bits per heavy atom. The molecule has 6 atom stereocenters. The van der Waals surface area contributed by atoms with Crippen LogP contribution < -0.4 is 5.73 Å². The van der Waals surface area contributed by atoms with Gasteiger partial charge in [-0.05, 0) is 63.1 Å². The van der Waals surface area contributed by atoms with Crippen molar-refractivity contribution >= 4 is 36.9 Å². The van der Waals surface area contributed by atoms with Gasteiger partial charge < -0.3 is 29.1 Å². The highest BCUT2D eigenvalue weighted by atomic mass is 32.2. The Hall–Kier alpha value is -1.28. The van der Waals surface area contributed by atoms with E-state index >= 15 is 0 Å². The van der Waals surface area contributed by atoms with E-state index in [1.165, 1.54) is 6.33 Å². The summed E-state index contributed by atoms with van der Waals surface area (Å²) in [6.45, 7) is 21.7. The van der Waals surface area contributed by atoms with Crippen LogP contribution in [0.25, 0.3) is 11.0 Å². The van der Waals surface area contributed by atoms with Crippen LogP contribution in [0.3, 0.4) is 0 Å². The zero-order valence-electron chi connectivity index (χ0n) is 27.5. The molecule has 0 amide bonds. The molecule has 0 aliphatic carbocycles. The number of ether oxygens (including phenoxy) is 4. The normalized spacial score (nSPS) is 28.4. The number of nitrogen functional groups attached to an aromatic ring is 1. The second kappa shape index (κ2) is 13.2. The molecular formula is C31H53N5O5SSi. The molecule has 5 rings (SSSR count). The predicted molar refractivity (Wildman–Crippen MR) is 173 cm³/mol. The Labute approximate surface area is 262 Å². The lowest BCUT2D eigenvalue weighted by Crippen LogP contribution is -2.49. The van der Waals surface area contributed by atoms with Gasteiger partial charge in [-0.1, -0.05) is 41.5 Å². The van der Waals surface area contributed by atoms with Crippen molar-refractivity contribution in [2.75, 3.05) is 24.7 Å². The molecule has 2 aromatic rings. The number of anilines is 1. The lowest BCUT2D eigenvalue weighted by molar-refractivity contribution is -0.179. The van der Waals surface area contributed by atoms with Gasteiger partial charge in [-0.15, -0.1) is 11.8 Å². The molecule has 10 nitrogen and oxygen atoms in total. The molecule has 2 aromatic heterocycles. The minimum absolute atomic E-state index is 0.0148. The van der Waals surface area contributed by atoms with E-state index in [1.807, 2.05) is 4.68 Å². The third kappa shape index (κ3) is 6.66. The lowest BCUT2D eigenvalue weighted by Gasteiger charge is -2.43. The summed E-state index contributed by atoms with van der Waals surface area (Å²) < 4.78 is 34.4. The van der Waals surface area contributed by atoms with Crippen molar-refractivity contribution < 1.29 is 23.4 Å². The first-order chi connectivity index (χ1) is 20.3. The van der Waals surface area contributed by atoms with Gasteiger partial charge >= 0.3 is 0 Å². The van der Waals surface area contributed by atoms with E-state index in [-0.39, 0.29) is 36.1 Å². The molecule has 0 saturated carbocycles. The van der Waals surface area contributed by atoms with Crippen LogP contribution in [0.4, 0.5) is 5.82 Å². The zero-order chi connectivity index (χ0) is 31.1. The van der Waals surface area contributed by atoms with Crippen LogP contribution in [0.2, 0.25) is 16.6 Å². The molecule has 3 aliphatic heterocycles. The van der Waals surface area contributed by atoms with Crippen LogP contribution in [-0.4, -0.2) is 77.2 Å². The topological polar surface area (TPSA) is 116 Å². The number of fused-ring (bicyclic) bond motifs is 2. The van der Waals surface area contributed by atoms with Crippen molar-refractivity contribution in [3.05, 3.63) is 6.33 Å². The smallest absolute Gasteiger partial charge is 0.200 e. The molecule has 0 unspecified atom stereocenters. The van der Waals surface area contributed by atoms with Gasteiger partial charge in [0.15, 0.2) is 26.5 Å². The Balaban J connectivity index is 1.39. The third-order valence-electron chi connectivity index (χ3n) is 9.59. The first kappa shape index (κ1) is 33.1. The molecule has 12 heteroatoms. The van der Waals surface area contributed by atoms with Crippen molar-refractivity contribution in [3.63, 3.8) is 0 Å². The second-order valence-corrected chi connectivity index (χ2v) is 20.6. The largest absolute Gasteiger partial charge is 0.413 e. The molecule has 0 aromatic carbocycles. The summed E-state index contributed by atoms with van der Waals surface area (Å²) in [5.74, 6) is 1.30. The van der Waals surface area contributed by atoms with E-state index in [9.17, 15) is 0 Å². The lowest BCUT2D eigenvalue weighted by atomic mass is 9.91. The Kier molecular flexibility index (Phi) is 10.2. The fourth-order valence-electron chi connectivity index (χ4n) is 7.80. The Morgan fingerprint density at radius 1 is 1.09 bits per heavy atom. The first-order valence-electron chi connectivity index (χ1n) is 16.2. The maximum Gasteiger partial charge on any atom is 0.200 e. The monoisotopic (exact) mass is 635 g/mol. The van der Waals surface area contributed by atoms with Gasteiger partial charge in [0.1, 0.15) is 23.3 Å². The van der Waals surface area contributed by atoms with Crippen LogP contribution in [0.5, 0.6) is 0 Å². The quantitative estimate of drug-likeness (QED) is 0.199. The molecule has 2 N–H and O–H groups in total. The molecule has 0 spiro atoms. The fourth-order valence-corrected chi connectivity index (χ4v) is 14.2. The Morgan fingerprint density at radius 2 is 1.81 bits per heavy atom. The first-order valence-corrected chi connectivity index (χ1v) is 19.3. The molecular weight excluding hydrogens is 583 g/mol. The van der Waals surface area contributed by atoms with Gasteiger partial charge in [0.2, 0.25) is 0 Å². The molecule has 0 bridgehead atoms. The number of hydrogen-bond donors (Lipinski definition) is 1. The number of rotatable bonds is 12. The van der Waals surface area contributed by atoms with Crippen LogP contribution in [-0.2, 0) is 23.4 Å². The molecule has 43 heavy (non-hydrogen) atoms. The molecule has 3 aliphatic rings. The number of nitrogens with two attached hydrogens (primary N) is 1. The van der Waals surface area contributed by atoms with Crippen LogP contribution in [0.1, 0.15) is 94.2 Å². The molecule has 3 saturated heterocycles. The van der Waals surface area contributed by atoms with Crippen molar-refractivity contribution in [1.29, 1.82) is 0 Å². The molecule has 3 fully saturated rings. The van der Waals surface area contributed by atoms with E-state index < -0.39 is 14.5 Å². The van der Waals surface area contributed by atoms with Crippen LogP contribution in [0, 0.1) is 5.92 Å². The predicted octanol–water partition coefficient (Wildman–Crippen LogP) is 6.71. The standard InChI is InChI=1S/C31H53N5O5SSi/c1-18(2)43(19(3)4,20(5)6)38-15-23-22-14-31(8,9)41-26(22)30(40-23)36-28-25(27(32)33-17-34-28)29(35-36)42-16-21(7)39-24-12-10-11-13-37-24/h17-24,26,30H,10-16H2,1-9H3,(H2,32,33,34)/t21-,22+,23+,24+,26+,30+/m0/s1. The summed E-state index contributed by atoms with van der Waals surface area (Å²) in [5, 5.41) is 6.58. The van der Waals surface area contributed by atoms with Crippen molar-refractivity contribution in [1.82, 2.24) is 19.7 Å². The summed E-state index contributed by atoms with van der Waals surface area (Å²) in [4.78, 5) is 8.94. The van der Waals surface area contributed by atoms with E-state index in [4.69, 9.17) is 34.2 Å². The van der Waals surface area contributed by atoms with E-state index in [2.05, 4.69) is 72.3 Å². The van der Waals surface area contributed by atoms with Gasteiger partial charge in [0.05, 0.1) is 29.8 Å². The minimum atomic E-state index is -2.07. The van der Waals surface area contributed by atoms with E-state index in [1.54, 1.807) is 11.8 Å². The summed E-state index contributed by atoms with van der Waals surface area (Å²) in [6, 6.07) is 0. The van der Waals surface area contributed by atoms with Crippen LogP contribution in [0.15, 0.2) is 11.4 Å². The average Bonchev–Trinajstić information content (AvgIpc) is 3.57. The van der Waals surface area contributed by atoms with Gasteiger partial charge in [-0.2, -0.15) is 5.10 Å². The summed E-state index contributed by atoms with van der Waals surface area (Å²) in [7, 11) is -2.07. The molecule has 242 valence electrons. The van der Waals surface area contributed by atoms with Gasteiger partial charge in [-0.25, -0.2) is 14.6 Å². The van der Waals surface area contributed by atoms with Gasteiger partial charge in [-0.3, -0.25) is 0 Å². The highest BCUT2D eigenvalue weighted by molar-refractivity contribution is 7.99.